The Labute approximate surface area is 116 Å². The number of rotatable bonds is 3. The van der Waals surface area contributed by atoms with E-state index in [1.807, 2.05) is 60.0 Å². The minimum atomic E-state index is -1.29. The second-order valence-electron chi connectivity index (χ2n) is 4.22. The molecule has 2 amide bonds. The summed E-state index contributed by atoms with van der Waals surface area (Å²) in [5.41, 5.74) is 6.90. The van der Waals surface area contributed by atoms with E-state index in [0.29, 0.717) is 0 Å². The Bertz CT molecular complexity index is 594. The fourth-order valence-electron chi connectivity index (χ4n) is 1.80. The molecule has 5 heteroatoms. The van der Waals surface area contributed by atoms with Gasteiger partial charge in [0.2, 0.25) is 5.91 Å². The van der Waals surface area contributed by atoms with Crippen LogP contribution in [0.4, 0.5) is 4.79 Å². The fraction of sp³-hybridized carbons (Fsp3) is 0.0667. The zero-order chi connectivity index (χ0) is 14.4. The number of carbonyl (C=O) groups excluding carboxylic acids is 1. The average molecular weight is 270 g/mol. The molecule has 0 heterocycles. The van der Waals surface area contributed by atoms with Gasteiger partial charge in [0.1, 0.15) is 0 Å². The summed E-state index contributed by atoms with van der Waals surface area (Å²) in [4.78, 5) is 21.7. The molecule has 3 N–H and O–H groups in total. The zero-order valence-corrected chi connectivity index (χ0v) is 10.7. The van der Waals surface area contributed by atoms with Crippen molar-refractivity contribution < 1.29 is 14.7 Å². The molecule has 0 saturated heterocycles. The van der Waals surface area contributed by atoms with Crippen molar-refractivity contribution in [1.29, 1.82) is 0 Å². The molecular formula is C15H14N2O3. The lowest BCUT2D eigenvalue weighted by molar-refractivity contribution is -0.121. The molecule has 2 aromatic rings. The summed E-state index contributed by atoms with van der Waals surface area (Å²) >= 11 is 0. The van der Waals surface area contributed by atoms with Gasteiger partial charge in [0.15, 0.2) is 0 Å². The molecule has 102 valence electrons. The van der Waals surface area contributed by atoms with Gasteiger partial charge in [0.05, 0.1) is 6.42 Å². The van der Waals surface area contributed by atoms with Crippen LogP contribution in [0.25, 0.3) is 11.1 Å². The van der Waals surface area contributed by atoms with Gasteiger partial charge >= 0.3 is 6.09 Å². The number of benzene rings is 2. The smallest absolute Gasteiger partial charge is 0.423 e. The zero-order valence-electron chi connectivity index (χ0n) is 10.7. The van der Waals surface area contributed by atoms with E-state index in [1.165, 1.54) is 0 Å². The molecule has 5 nitrogen and oxygen atoms in total. The van der Waals surface area contributed by atoms with Crippen LogP contribution in [0.1, 0.15) is 5.56 Å². The third-order valence-corrected chi connectivity index (χ3v) is 2.73. The van der Waals surface area contributed by atoms with Gasteiger partial charge in [0, 0.05) is 0 Å². The summed E-state index contributed by atoms with van der Waals surface area (Å²) in [7, 11) is 0. The van der Waals surface area contributed by atoms with E-state index in [-0.39, 0.29) is 6.42 Å². The van der Waals surface area contributed by atoms with Gasteiger partial charge in [-0.1, -0.05) is 54.6 Å². The fourth-order valence-corrected chi connectivity index (χ4v) is 1.80. The summed E-state index contributed by atoms with van der Waals surface area (Å²) in [5.74, 6) is -0.403. The highest BCUT2D eigenvalue weighted by Gasteiger charge is 2.04. The summed E-state index contributed by atoms with van der Waals surface area (Å²) in [6, 6.07) is 17.5. The van der Waals surface area contributed by atoms with Crippen molar-refractivity contribution in [3.05, 3.63) is 60.2 Å². The first-order valence-corrected chi connectivity index (χ1v) is 6.07. The predicted molar refractivity (Wildman–Crippen MR) is 74.9 cm³/mol. The number of nitrogens with one attached hydrogen (secondary N) is 2. The van der Waals surface area contributed by atoms with E-state index >= 15 is 0 Å². The summed E-state index contributed by atoms with van der Waals surface area (Å²) in [5, 5.41) is 8.37. The topological polar surface area (TPSA) is 78.4 Å². The van der Waals surface area contributed by atoms with Gasteiger partial charge in [-0.05, 0) is 16.7 Å². The van der Waals surface area contributed by atoms with Crippen LogP contribution in [-0.4, -0.2) is 17.1 Å². The van der Waals surface area contributed by atoms with Crippen molar-refractivity contribution in [2.75, 3.05) is 0 Å². The SMILES string of the molecule is O=C(O)NNC(=O)Cc1ccc(-c2ccccc2)cc1. The van der Waals surface area contributed by atoms with Gasteiger partial charge in [-0.25, -0.2) is 10.2 Å². The Kier molecular flexibility index (Phi) is 4.34. The maximum absolute atomic E-state index is 11.4. The molecule has 0 spiro atoms. The first-order chi connectivity index (χ1) is 9.65. The van der Waals surface area contributed by atoms with Crippen LogP contribution in [0, 0.1) is 0 Å². The van der Waals surface area contributed by atoms with Crippen LogP contribution < -0.4 is 10.9 Å². The second-order valence-corrected chi connectivity index (χ2v) is 4.22. The lowest BCUT2D eigenvalue weighted by Gasteiger charge is -2.06. The summed E-state index contributed by atoms with van der Waals surface area (Å²) in [6.45, 7) is 0. The summed E-state index contributed by atoms with van der Waals surface area (Å²) < 4.78 is 0. The maximum atomic E-state index is 11.4. The highest BCUT2D eigenvalue weighted by atomic mass is 16.4. The van der Waals surface area contributed by atoms with Gasteiger partial charge in [-0.2, -0.15) is 0 Å². The molecule has 0 aliphatic rings. The van der Waals surface area contributed by atoms with Crippen LogP contribution in [0.3, 0.4) is 0 Å². The number of hydrogen-bond donors (Lipinski definition) is 3. The Morgan fingerprint density at radius 3 is 2.05 bits per heavy atom. The van der Waals surface area contributed by atoms with Crippen molar-refractivity contribution in [2.45, 2.75) is 6.42 Å². The molecule has 0 fully saturated rings. The average Bonchev–Trinajstić information content (AvgIpc) is 2.47. The second kappa shape index (κ2) is 6.38. The van der Waals surface area contributed by atoms with E-state index in [2.05, 4.69) is 5.43 Å². The lowest BCUT2D eigenvalue weighted by Crippen LogP contribution is -2.41. The number of carbonyl (C=O) groups is 2. The Morgan fingerprint density at radius 1 is 0.850 bits per heavy atom. The maximum Gasteiger partial charge on any atom is 0.423 e. The number of carboxylic acid groups (broad SMARTS) is 1. The monoisotopic (exact) mass is 270 g/mol. The molecule has 0 unspecified atom stereocenters. The molecule has 0 bridgehead atoms. The molecule has 0 atom stereocenters. The Morgan fingerprint density at radius 2 is 1.45 bits per heavy atom. The molecule has 0 radical (unpaired) electrons. The molecule has 0 aliphatic heterocycles. The first kappa shape index (κ1) is 13.6. The predicted octanol–water partition coefficient (Wildman–Crippen LogP) is 2.19. The Balaban J connectivity index is 1.98. The molecule has 0 aromatic heterocycles. The number of hydrogen-bond acceptors (Lipinski definition) is 2. The van der Waals surface area contributed by atoms with Crippen LogP contribution in [0.15, 0.2) is 54.6 Å². The van der Waals surface area contributed by atoms with Crippen LogP contribution in [-0.2, 0) is 11.2 Å². The largest absolute Gasteiger partial charge is 0.464 e. The first-order valence-electron chi connectivity index (χ1n) is 6.07. The van der Waals surface area contributed by atoms with Crippen LogP contribution >= 0.6 is 0 Å². The van der Waals surface area contributed by atoms with E-state index < -0.39 is 12.0 Å². The molecular weight excluding hydrogens is 256 g/mol. The van der Waals surface area contributed by atoms with E-state index in [0.717, 1.165) is 16.7 Å². The molecule has 0 saturated carbocycles. The minimum absolute atomic E-state index is 0.120. The van der Waals surface area contributed by atoms with Crippen LogP contribution in [0.2, 0.25) is 0 Å². The highest BCUT2D eigenvalue weighted by molar-refractivity contribution is 5.80. The minimum Gasteiger partial charge on any atom is -0.464 e. The van der Waals surface area contributed by atoms with E-state index in [4.69, 9.17) is 5.11 Å². The van der Waals surface area contributed by atoms with E-state index in [1.54, 1.807) is 0 Å². The van der Waals surface area contributed by atoms with Crippen molar-refractivity contribution in [3.63, 3.8) is 0 Å². The lowest BCUT2D eigenvalue weighted by atomic mass is 10.0. The third kappa shape index (κ3) is 3.84. The van der Waals surface area contributed by atoms with Gasteiger partial charge < -0.3 is 5.11 Å². The molecule has 2 aromatic carbocycles. The van der Waals surface area contributed by atoms with Gasteiger partial charge in [-0.3, -0.25) is 10.2 Å². The number of hydrazine groups is 1. The molecule has 0 aliphatic carbocycles. The van der Waals surface area contributed by atoms with Gasteiger partial charge in [0.25, 0.3) is 0 Å². The summed E-state index contributed by atoms with van der Waals surface area (Å²) in [6.07, 6.45) is -1.17. The Hall–Kier alpha value is -2.82. The van der Waals surface area contributed by atoms with Crippen molar-refractivity contribution in [3.8, 4) is 11.1 Å². The highest BCUT2D eigenvalue weighted by Crippen LogP contribution is 2.19. The normalized spacial score (nSPS) is 9.80. The number of amides is 2. The van der Waals surface area contributed by atoms with Crippen LogP contribution in [0.5, 0.6) is 0 Å². The van der Waals surface area contributed by atoms with Crippen molar-refractivity contribution in [2.24, 2.45) is 0 Å². The van der Waals surface area contributed by atoms with Gasteiger partial charge in [-0.15, -0.1) is 0 Å². The quantitative estimate of drug-likeness (QED) is 0.748. The van der Waals surface area contributed by atoms with Crippen molar-refractivity contribution >= 4 is 12.0 Å². The standard InChI is InChI=1S/C15H14N2O3/c18-14(16-17-15(19)20)10-11-6-8-13(9-7-11)12-4-2-1-3-5-12/h1-9,17H,10H2,(H,16,18)(H,19,20). The third-order valence-electron chi connectivity index (χ3n) is 2.73. The van der Waals surface area contributed by atoms with Crippen molar-refractivity contribution in [1.82, 2.24) is 10.9 Å². The van der Waals surface area contributed by atoms with E-state index in [9.17, 15) is 9.59 Å². The molecule has 2 rings (SSSR count). The molecule has 20 heavy (non-hydrogen) atoms.